The van der Waals surface area contributed by atoms with Crippen molar-refractivity contribution >= 4 is 21.6 Å². The van der Waals surface area contributed by atoms with Crippen molar-refractivity contribution in [3.8, 4) is 6.07 Å². The van der Waals surface area contributed by atoms with Gasteiger partial charge in [-0.25, -0.2) is 0 Å². The summed E-state index contributed by atoms with van der Waals surface area (Å²) in [6, 6.07) is 7.49. The predicted molar refractivity (Wildman–Crippen MR) is 72.3 cm³/mol. The number of nitriles is 1. The van der Waals surface area contributed by atoms with Crippen LogP contribution in [-0.4, -0.2) is 30.0 Å². The number of benzene rings is 1. The summed E-state index contributed by atoms with van der Waals surface area (Å²) < 4.78 is 6.12. The lowest BCUT2D eigenvalue weighted by atomic mass is 9.96. The van der Waals surface area contributed by atoms with Crippen molar-refractivity contribution in [3.05, 3.63) is 28.2 Å². The van der Waals surface area contributed by atoms with E-state index in [0.717, 1.165) is 10.2 Å². The minimum atomic E-state index is -0.819. The SMILES string of the molecule is CC1OCCC1(O)CNc1ccc(C#N)c(Br)c1. The van der Waals surface area contributed by atoms with E-state index in [0.29, 0.717) is 25.1 Å². The van der Waals surface area contributed by atoms with Crippen molar-refractivity contribution in [2.24, 2.45) is 0 Å². The van der Waals surface area contributed by atoms with Gasteiger partial charge in [0.05, 0.1) is 11.7 Å². The Labute approximate surface area is 115 Å². The molecule has 18 heavy (non-hydrogen) atoms. The van der Waals surface area contributed by atoms with E-state index in [2.05, 4.69) is 27.3 Å². The summed E-state index contributed by atoms with van der Waals surface area (Å²) >= 11 is 3.34. The lowest BCUT2D eigenvalue weighted by Crippen LogP contribution is -2.43. The van der Waals surface area contributed by atoms with Crippen LogP contribution in [0.4, 0.5) is 5.69 Å². The van der Waals surface area contributed by atoms with Crippen molar-refractivity contribution < 1.29 is 9.84 Å². The lowest BCUT2D eigenvalue weighted by molar-refractivity contribution is -0.0175. The number of aliphatic hydroxyl groups is 1. The van der Waals surface area contributed by atoms with Crippen LogP contribution in [0.5, 0.6) is 0 Å². The third kappa shape index (κ3) is 2.66. The molecule has 0 saturated carbocycles. The van der Waals surface area contributed by atoms with Crippen LogP contribution in [0.15, 0.2) is 22.7 Å². The van der Waals surface area contributed by atoms with Crippen molar-refractivity contribution in [1.29, 1.82) is 5.26 Å². The average molecular weight is 311 g/mol. The first-order chi connectivity index (χ1) is 8.55. The van der Waals surface area contributed by atoms with Crippen LogP contribution in [0.25, 0.3) is 0 Å². The van der Waals surface area contributed by atoms with Gasteiger partial charge in [-0.3, -0.25) is 0 Å². The fourth-order valence-electron chi connectivity index (χ4n) is 1.97. The molecule has 1 fully saturated rings. The maximum atomic E-state index is 10.3. The van der Waals surface area contributed by atoms with Crippen molar-refractivity contribution in [2.75, 3.05) is 18.5 Å². The molecule has 0 spiro atoms. The van der Waals surface area contributed by atoms with Gasteiger partial charge in [0.1, 0.15) is 11.7 Å². The van der Waals surface area contributed by atoms with Crippen LogP contribution < -0.4 is 5.32 Å². The summed E-state index contributed by atoms with van der Waals surface area (Å²) in [6.07, 6.45) is 0.477. The quantitative estimate of drug-likeness (QED) is 0.899. The molecule has 1 aromatic carbocycles. The van der Waals surface area contributed by atoms with E-state index >= 15 is 0 Å². The molecular weight excluding hydrogens is 296 g/mol. The summed E-state index contributed by atoms with van der Waals surface area (Å²) in [7, 11) is 0. The number of hydrogen-bond acceptors (Lipinski definition) is 4. The van der Waals surface area contributed by atoms with Crippen molar-refractivity contribution in [3.63, 3.8) is 0 Å². The number of nitrogens with one attached hydrogen (secondary N) is 1. The van der Waals surface area contributed by atoms with Crippen LogP contribution >= 0.6 is 15.9 Å². The van der Waals surface area contributed by atoms with E-state index in [-0.39, 0.29) is 6.10 Å². The molecule has 2 rings (SSSR count). The van der Waals surface area contributed by atoms with E-state index < -0.39 is 5.60 Å². The molecule has 1 aliphatic heterocycles. The molecule has 2 unspecified atom stereocenters. The molecule has 1 aromatic rings. The highest BCUT2D eigenvalue weighted by molar-refractivity contribution is 9.10. The molecule has 0 aliphatic carbocycles. The van der Waals surface area contributed by atoms with Gasteiger partial charge in [-0.05, 0) is 41.1 Å². The molecule has 5 heteroatoms. The number of hydrogen-bond donors (Lipinski definition) is 2. The first-order valence-corrected chi connectivity index (χ1v) is 6.62. The van der Waals surface area contributed by atoms with Gasteiger partial charge in [-0.1, -0.05) is 0 Å². The highest BCUT2D eigenvalue weighted by Crippen LogP contribution is 2.27. The maximum Gasteiger partial charge on any atom is 0.110 e. The lowest BCUT2D eigenvalue weighted by Gasteiger charge is -2.26. The highest BCUT2D eigenvalue weighted by Gasteiger charge is 2.39. The van der Waals surface area contributed by atoms with Crippen molar-refractivity contribution in [2.45, 2.75) is 25.0 Å². The zero-order valence-corrected chi connectivity index (χ0v) is 11.7. The van der Waals surface area contributed by atoms with Gasteiger partial charge >= 0.3 is 0 Å². The Hall–Kier alpha value is -1.09. The molecule has 2 atom stereocenters. The molecule has 0 radical (unpaired) electrons. The van der Waals surface area contributed by atoms with Crippen LogP contribution in [0, 0.1) is 11.3 Å². The first kappa shape index (κ1) is 13.3. The zero-order valence-electron chi connectivity index (χ0n) is 10.1. The average Bonchev–Trinajstić information content (AvgIpc) is 2.68. The Bertz CT molecular complexity index is 486. The number of halogens is 1. The first-order valence-electron chi connectivity index (χ1n) is 5.83. The van der Waals surface area contributed by atoms with Crippen LogP contribution in [0.1, 0.15) is 18.9 Å². The number of nitrogens with zero attached hydrogens (tertiary/aromatic N) is 1. The number of ether oxygens (including phenoxy) is 1. The number of anilines is 1. The highest BCUT2D eigenvalue weighted by atomic mass is 79.9. The molecule has 96 valence electrons. The van der Waals surface area contributed by atoms with Crippen molar-refractivity contribution in [1.82, 2.24) is 0 Å². The second-order valence-corrected chi connectivity index (χ2v) is 5.38. The fraction of sp³-hybridized carbons (Fsp3) is 0.462. The largest absolute Gasteiger partial charge is 0.385 e. The number of rotatable bonds is 3. The van der Waals surface area contributed by atoms with E-state index in [9.17, 15) is 5.11 Å². The van der Waals surface area contributed by atoms with Gasteiger partial charge < -0.3 is 15.2 Å². The van der Waals surface area contributed by atoms with Gasteiger partial charge in [-0.2, -0.15) is 5.26 Å². The second kappa shape index (κ2) is 5.27. The summed E-state index contributed by atoms with van der Waals surface area (Å²) in [4.78, 5) is 0. The maximum absolute atomic E-state index is 10.3. The fourth-order valence-corrected chi connectivity index (χ4v) is 2.44. The third-order valence-corrected chi connectivity index (χ3v) is 4.00. The Morgan fingerprint density at radius 1 is 1.67 bits per heavy atom. The topological polar surface area (TPSA) is 65.3 Å². The summed E-state index contributed by atoms with van der Waals surface area (Å²) in [5.74, 6) is 0. The van der Waals surface area contributed by atoms with Crippen LogP contribution in [-0.2, 0) is 4.74 Å². The Kier molecular flexibility index (Phi) is 3.91. The van der Waals surface area contributed by atoms with Gasteiger partial charge in [0, 0.05) is 29.7 Å². The summed E-state index contributed by atoms with van der Waals surface area (Å²) in [5, 5.41) is 22.4. The Morgan fingerprint density at radius 3 is 3.00 bits per heavy atom. The Morgan fingerprint density at radius 2 is 2.44 bits per heavy atom. The molecule has 0 bridgehead atoms. The molecule has 0 amide bonds. The normalized spacial score (nSPS) is 26.9. The van der Waals surface area contributed by atoms with Gasteiger partial charge in [0.15, 0.2) is 0 Å². The van der Waals surface area contributed by atoms with Gasteiger partial charge in [0.25, 0.3) is 0 Å². The minimum absolute atomic E-state index is 0.160. The smallest absolute Gasteiger partial charge is 0.110 e. The Balaban J connectivity index is 2.03. The summed E-state index contributed by atoms with van der Waals surface area (Å²) in [6.45, 7) is 2.91. The standard InChI is InChI=1S/C13H15BrN2O2/c1-9-13(17,4-5-18-9)8-16-11-3-2-10(7-15)12(14)6-11/h2-3,6,9,16-17H,4-5,8H2,1H3. The van der Waals surface area contributed by atoms with E-state index in [1.54, 1.807) is 6.07 Å². The second-order valence-electron chi connectivity index (χ2n) is 4.53. The van der Waals surface area contributed by atoms with Crippen LogP contribution in [0.2, 0.25) is 0 Å². The van der Waals surface area contributed by atoms with Gasteiger partial charge in [0.2, 0.25) is 0 Å². The minimum Gasteiger partial charge on any atom is -0.385 e. The molecule has 0 aromatic heterocycles. The van der Waals surface area contributed by atoms with E-state index in [4.69, 9.17) is 10.00 Å². The van der Waals surface area contributed by atoms with Gasteiger partial charge in [-0.15, -0.1) is 0 Å². The zero-order chi connectivity index (χ0) is 13.2. The molecule has 1 aliphatic rings. The molecule has 4 nitrogen and oxygen atoms in total. The molecule has 1 heterocycles. The molecular formula is C13H15BrN2O2. The van der Waals surface area contributed by atoms with E-state index in [1.807, 2.05) is 19.1 Å². The van der Waals surface area contributed by atoms with Crippen LogP contribution in [0.3, 0.4) is 0 Å². The molecule has 1 saturated heterocycles. The third-order valence-electron chi connectivity index (χ3n) is 3.35. The predicted octanol–water partition coefficient (Wildman–Crippen LogP) is 2.27. The summed E-state index contributed by atoms with van der Waals surface area (Å²) in [5.41, 5.74) is 0.644. The monoisotopic (exact) mass is 310 g/mol. The van der Waals surface area contributed by atoms with E-state index in [1.165, 1.54) is 0 Å². The molecule has 2 N–H and O–H groups in total.